The summed E-state index contributed by atoms with van der Waals surface area (Å²) in [5.41, 5.74) is 1.86. The molecule has 0 radical (unpaired) electrons. The predicted octanol–water partition coefficient (Wildman–Crippen LogP) is 3.33. The summed E-state index contributed by atoms with van der Waals surface area (Å²) in [4.78, 5) is 2.45. The van der Waals surface area contributed by atoms with Crippen LogP contribution < -0.4 is 0 Å². The highest BCUT2D eigenvalue weighted by atomic mass is 35.5. The standard InChI is InChI=1S/C17H24ClNO2/c1-13-4-5-14(12-15(13)18)16(20)17(6-2-3-7-17)19-8-10-21-11-9-19/h4-5,12,16,20H,2-3,6-11H2,1H3. The molecule has 1 heterocycles. The average Bonchev–Trinajstić information content (AvgIpc) is 3.01. The van der Waals surface area contributed by atoms with Crippen molar-refractivity contribution >= 4 is 11.6 Å². The van der Waals surface area contributed by atoms with Gasteiger partial charge < -0.3 is 9.84 Å². The first-order valence-corrected chi connectivity index (χ1v) is 8.28. The SMILES string of the molecule is Cc1ccc(C(O)C2(N3CCOCC3)CCCC2)cc1Cl. The Morgan fingerprint density at radius 3 is 2.52 bits per heavy atom. The van der Waals surface area contributed by atoms with E-state index in [4.69, 9.17) is 16.3 Å². The number of aryl methyl sites for hydroxylation is 1. The smallest absolute Gasteiger partial charge is 0.0974 e. The van der Waals surface area contributed by atoms with Crippen LogP contribution >= 0.6 is 11.6 Å². The van der Waals surface area contributed by atoms with Gasteiger partial charge >= 0.3 is 0 Å². The Hall–Kier alpha value is -0.610. The Morgan fingerprint density at radius 1 is 1.24 bits per heavy atom. The lowest BCUT2D eigenvalue weighted by molar-refractivity contribution is -0.0774. The second-order valence-corrected chi connectivity index (χ2v) is 6.73. The van der Waals surface area contributed by atoms with Gasteiger partial charge in [-0.05, 0) is 37.0 Å². The van der Waals surface area contributed by atoms with Crippen molar-refractivity contribution < 1.29 is 9.84 Å². The largest absolute Gasteiger partial charge is 0.386 e. The van der Waals surface area contributed by atoms with E-state index in [0.29, 0.717) is 0 Å². The number of halogens is 1. The zero-order valence-electron chi connectivity index (χ0n) is 12.6. The van der Waals surface area contributed by atoms with E-state index in [1.54, 1.807) is 0 Å². The third-order valence-corrected chi connectivity index (χ3v) is 5.54. The summed E-state index contributed by atoms with van der Waals surface area (Å²) < 4.78 is 5.48. The maximum atomic E-state index is 11.1. The number of benzene rings is 1. The lowest BCUT2D eigenvalue weighted by Crippen LogP contribution is -2.55. The highest BCUT2D eigenvalue weighted by molar-refractivity contribution is 6.31. The van der Waals surface area contributed by atoms with E-state index in [1.807, 2.05) is 25.1 Å². The zero-order valence-corrected chi connectivity index (χ0v) is 13.4. The van der Waals surface area contributed by atoms with Gasteiger partial charge in [0.05, 0.1) is 24.9 Å². The molecule has 2 fully saturated rings. The normalized spacial score (nSPS) is 24.1. The van der Waals surface area contributed by atoms with E-state index in [2.05, 4.69) is 4.90 Å². The summed E-state index contributed by atoms with van der Waals surface area (Å²) in [5, 5.41) is 11.8. The van der Waals surface area contributed by atoms with Crippen LogP contribution in [0.25, 0.3) is 0 Å². The van der Waals surface area contributed by atoms with E-state index >= 15 is 0 Å². The van der Waals surface area contributed by atoms with Crippen LogP contribution in [0.3, 0.4) is 0 Å². The van der Waals surface area contributed by atoms with E-state index < -0.39 is 6.10 Å². The molecular weight excluding hydrogens is 286 g/mol. The van der Waals surface area contributed by atoms with Gasteiger partial charge in [-0.25, -0.2) is 0 Å². The summed E-state index contributed by atoms with van der Waals surface area (Å²) in [7, 11) is 0. The molecule has 1 saturated heterocycles. The summed E-state index contributed by atoms with van der Waals surface area (Å²) in [6, 6.07) is 5.96. The van der Waals surface area contributed by atoms with Crippen molar-refractivity contribution in [2.45, 2.75) is 44.2 Å². The lowest BCUT2D eigenvalue weighted by Gasteiger charge is -2.46. The Bertz CT molecular complexity index is 494. The van der Waals surface area contributed by atoms with Gasteiger partial charge in [-0.3, -0.25) is 4.90 Å². The number of aliphatic hydroxyl groups is 1. The topological polar surface area (TPSA) is 32.7 Å². The molecule has 0 amide bonds. The Morgan fingerprint density at radius 2 is 1.90 bits per heavy atom. The first-order chi connectivity index (χ1) is 10.1. The minimum atomic E-state index is -0.476. The van der Waals surface area contributed by atoms with Gasteiger partial charge in [0.25, 0.3) is 0 Å². The van der Waals surface area contributed by atoms with E-state index in [0.717, 1.165) is 55.3 Å². The number of morpholine rings is 1. The molecule has 21 heavy (non-hydrogen) atoms. The molecule has 1 saturated carbocycles. The van der Waals surface area contributed by atoms with Crippen molar-refractivity contribution in [2.75, 3.05) is 26.3 Å². The van der Waals surface area contributed by atoms with Crippen molar-refractivity contribution in [1.82, 2.24) is 4.90 Å². The molecule has 1 unspecified atom stereocenters. The second kappa shape index (κ2) is 6.25. The molecule has 1 aromatic rings. The first-order valence-electron chi connectivity index (χ1n) is 7.90. The number of hydrogen-bond acceptors (Lipinski definition) is 3. The predicted molar refractivity (Wildman–Crippen MR) is 84.7 cm³/mol. The molecule has 1 aliphatic heterocycles. The van der Waals surface area contributed by atoms with Crippen molar-refractivity contribution in [3.05, 3.63) is 34.3 Å². The van der Waals surface area contributed by atoms with Gasteiger partial charge in [-0.1, -0.05) is 36.6 Å². The van der Waals surface area contributed by atoms with Gasteiger partial charge in [-0.15, -0.1) is 0 Å². The molecule has 1 aromatic carbocycles. The van der Waals surface area contributed by atoms with Crippen LogP contribution in [-0.4, -0.2) is 41.8 Å². The lowest BCUT2D eigenvalue weighted by atomic mass is 9.83. The van der Waals surface area contributed by atoms with E-state index in [-0.39, 0.29) is 5.54 Å². The first kappa shape index (κ1) is 15.3. The number of rotatable bonds is 3. The molecule has 1 aliphatic carbocycles. The maximum absolute atomic E-state index is 11.1. The molecule has 116 valence electrons. The summed E-state index contributed by atoms with van der Waals surface area (Å²) in [6.07, 6.45) is 4.01. The molecule has 1 N–H and O–H groups in total. The molecule has 3 rings (SSSR count). The van der Waals surface area contributed by atoms with Crippen LogP contribution in [0.1, 0.15) is 42.9 Å². The van der Waals surface area contributed by atoms with E-state index in [9.17, 15) is 5.11 Å². The van der Waals surface area contributed by atoms with Crippen molar-refractivity contribution in [2.24, 2.45) is 0 Å². The molecule has 0 spiro atoms. The number of hydrogen-bond donors (Lipinski definition) is 1. The van der Waals surface area contributed by atoms with Crippen LogP contribution in [0.2, 0.25) is 5.02 Å². The van der Waals surface area contributed by atoms with Gasteiger partial charge in [0.1, 0.15) is 0 Å². The quantitative estimate of drug-likeness (QED) is 0.929. The number of aliphatic hydroxyl groups excluding tert-OH is 1. The fraction of sp³-hybridized carbons (Fsp3) is 0.647. The number of nitrogens with zero attached hydrogens (tertiary/aromatic N) is 1. The molecule has 0 aromatic heterocycles. The van der Waals surface area contributed by atoms with Crippen LogP contribution in [0.5, 0.6) is 0 Å². The monoisotopic (exact) mass is 309 g/mol. The molecule has 1 atom stereocenters. The van der Waals surface area contributed by atoms with Crippen molar-refractivity contribution in [3.8, 4) is 0 Å². The minimum Gasteiger partial charge on any atom is -0.386 e. The molecule has 4 heteroatoms. The Kier molecular flexibility index (Phi) is 4.55. The Labute approximate surface area is 131 Å². The average molecular weight is 310 g/mol. The zero-order chi connectivity index (χ0) is 14.9. The minimum absolute atomic E-state index is 0.137. The van der Waals surface area contributed by atoms with Crippen LogP contribution in [0.15, 0.2) is 18.2 Å². The summed E-state index contributed by atoms with van der Waals surface area (Å²) >= 11 is 6.25. The highest BCUT2D eigenvalue weighted by Gasteiger charge is 2.46. The third-order valence-electron chi connectivity index (χ3n) is 5.13. The molecule has 0 bridgehead atoms. The third kappa shape index (κ3) is 2.85. The van der Waals surface area contributed by atoms with Gasteiger partial charge in [0, 0.05) is 18.1 Å². The second-order valence-electron chi connectivity index (χ2n) is 6.32. The molecule has 2 aliphatic rings. The highest BCUT2D eigenvalue weighted by Crippen LogP contribution is 2.45. The number of ether oxygens (including phenoxy) is 1. The van der Waals surface area contributed by atoms with E-state index in [1.165, 1.54) is 12.8 Å². The van der Waals surface area contributed by atoms with Crippen molar-refractivity contribution in [3.63, 3.8) is 0 Å². The fourth-order valence-corrected chi connectivity index (χ4v) is 4.04. The maximum Gasteiger partial charge on any atom is 0.0974 e. The Balaban J connectivity index is 1.90. The molecular formula is C17H24ClNO2. The van der Waals surface area contributed by atoms with Gasteiger partial charge in [-0.2, -0.15) is 0 Å². The van der Waals surface area contributed by atoms with Crippen LogP contribution in [0, 0.1) is 6.92 Å². The molecule has 3 nitrogen and oxygen atoms in total. The van der Waals surface area contributed by atoms with Crippen molar-refractivity contribution in [1.29, 1.82) is 0 Å². The van der Waals surface area contributed by atoms with Gasteiger partial charge in [0.2, 0.25) is 0 Å². The van der Waals surface area contributed by atoms with Crippen LogP contribution in [-0.2, 0) is 4.74 Å². The summed E-state index contributed by atoms with van der Waals surface area (Å²) in [5.74, 6) is 0. The van der Waals surface area contributed by atoms with Crippen LogP contribution in [0.4, 0.5) is 0 Å². The summed E-state index contributed by atoms with van der Waals surface area (Å²) in [6.45, 7) is 5.35. The van der Waals surface area contributed by atoms with Gasteiger partial charge in [0.15, 0.2) is 0 Å². The fourth-order valence-electron chi connectivity index (χ4n) is 3.85.